The number of hydrogen-bond acceptors (Lipinski definition) is 3. The van der Waals surface area contributed by atoms with Crippen molar-refractivity contribution >= 4 is 11.6 Å². The number of unbranched alkanes of at least 4 members (excludes halogenated alkanes) is 1. The molecule has 0 fully saturated rings. The van der Waals surface area contributed by atoms with Crippen LogP contribution >= 0.6 is 0 Å². The molecule has 0 aliphatic rings. The molecule has 1 amide bonds. The maximum Gasteiger partial charge on any atom is 0.220 e. The molecule has 0 saturated carbocycles. The smallest absolute Gasteiger partial charge is 0.220 e. The van der Waals surface area contributed by atoms with E-state index in [1.54, 1.807) is 0 Å². The fraction of sp³-hybridized carbons (Fsp3) is 0.462. The summed E-state index contributed by atoms with van der Waals surface area (Å²) in [6.45, 7) is 2.69. The van der Waals surface area contributed by atoms with Crippen LogP contribution in [-0.2, 0) is 11.2 Å². The van der Waals surface area contributed by atoms with E-state index >= 15 is 0 Å². The third-order valence-corrected chi connectivity index (χ3v) is 2.81. The van der Waals surface area contributed by atoms with Gasteiger partial charge in [-0.3, -0.25) is 9.20 Å². The van der Waals surface area contributed by atoms with Crippen molar-refractivity contribution in [3.8, 4) is 0 Å². The lowest BCUT2D eigenvalue weighted by Gasteiger charge is -2.03. The van der Waals surface area contributed by atoms with Gasteiger partial charge in [0.1, 0.15) is 5.82 Å². The molecular weight excluding hydrogens is 228 g/mol. The monoisotopic (exact) mass is 246 g/mol. The van der Waals surface area contributed by atoms with Gasteiger partial charge in [0.05, 0.1) is 0 Å². The van der Waals surface area contributed by atoms with E-state index in [1.807, 2.05) is 28.8 Å². The molecule has 0 aliphatic heterocycles. The Labute approximate surface area is 106 Å². The van der Waals surface area contributed by atoms with Gasteiger partial charge in [-0.05, 0) is 18.6 Å². The number of carbonyl (C=O) groups excluding carboxylic acids is 1. The van der Waals surface area contributed by atoms with Crippen LogP contribution in [0.5, 0.6) is 0 Å². The predicted molar refractivity (Wildman–Crippen MR) is 69.2 cm³/mol. The lowest BCUT2D eigenvalue weighted by Crippen LogP contribution is -2.25. The quantitative estimate of drug-likeness (QED) is 0.841. The van der Waals surface area contributed by atoms with Crippen LogP contribution < -0.4 is 5.32 Å². The molecule has 0 bridgehead atoms. The van der Waals surface area contributed by atoms with Gasteiger partial charge in [0.2, 0.25) is 5.91 Å². The Morgan fingerprint density at radius 2 is 2.28 bits per heavy atom. The number of rotatable bonds is 6. The maximum atomic E-state index is 11.4. The van der Waals surface area contributed by atoms with Gasteiger partial charge < -0.3 is 5.32 Å². The Kier molecular flexibility index (Phi) is 4.28. The molecule has 2 heterocycles. The zero-order valence-corrected chi connectivity index (χ0v) is 10.6. The molecule has 0 aromatic carbocycles. The summed E-state index contributed by atoms with van der Waals surface area (Å²) >= 11 is 0. The van der Waals surface area contributed by atoms with Gasteiger partial charge in [0.15, 0.2) is 5.65 Å². The summed E-state index contributed by atoms with van der Waals surface area (Å²) in [5.41, 5.74) is 0.838. The first-order valence-corrected chi connectivity index (χ1v) is 6.36. The van der Waals surface area contributed by atoms with E-state index in [0.717, 1.165) is 24.3 Å². The SMILES string of the molecule is CCCCC(=O)NCCc1nnc2ccccn12. The molecule has 0 aliphatic carbocycles. The summed E-state index contributed by atoms with van der Waals surface area (Å²) in [6.07, 6.45) is 5.23. The Hall–Kier alpha value is -1.91. The van der Waals surface area contributed by atoms with Gasteiger partial charge in [-0.25, -0.2) is 0 Å². The summed E-state index contributed by atoms with van der Waals surface area (Å²) < 4.78 is 1.94. The third kappa shape index (κ3) is 3.06. The third-order valence-electron chi connectivity index (χ3n) is 2.81. The van der Waals surface area contributed by atoms with Crippen LogP contribution in [0.1, 0.15) is 32.0 Å². The van der Waals surface area contributed by atoms with Gasteiger partial charge in [-0.15, -0.1) is 10.2 Å². The van der Waals surface area contributed by atoms with Crippen LogP contribution in [0, 0.1) is 0 Å². The van der Waals surface area contributed by atoms with E-state index < -0.39 is 0 Å². The summed E-state index contributed by atoms with van der Waals surface area (Å²) in [6, 6.07) is 5.79. The van der Waals surface area contributed by atoms with Crippen LogP contribution in [0.3, 0.4) is 0 Å². The Bertz CT molecular complexity index is 520. The Morgan fingerprint density at radius 1 is 1.39 bits per heavy atom. The van der Waals surface area contributed by atoms with Crippen LogP contribution in [0.15, 0.2) is 24.4 Å². The number of pyridine rings is 1. The van der Waals surface area contributed by atoms with E-state index in [-0.39, 0.29) is 5.91 Å². The van der Waals surface area contributed by atoms with Crippen molar-refractivity contribution in [2.24, 2.45) is 0 Å². The molecule has 5 heteroatoms. The number of aromatic nitrogens is 3. The van der Waals surface area contributed by atoms with Crippen molar-refractivity contribution in [3.63, 3.8) is 0 Å². The molecule has 2 rings (SSSR count). The second kappa shape index (κ2) is 6.14. The highest BCUT2D eigenvalue weighted by Crippen LogP contribution is 2.02. The molecular formula is C13H18N4O. The Morgan fingerprint density at radius 3 is 3.11 bits per heavy atom. The average molecular weight is 246 g/mol. The molecule has 1 N–H and O–H groups in total. The second-order valence-electron chi connectivity index (χ2n) is 4.25. The number of carbonyl (C=O) groups is 1. The summed E-state index contributed by atoms with van der Waals surface area (Å²) in [5.74, 6) is 0.993. The fourth-order valence-corrected chi connectivity index (χ4v) is 1.80. The van der Waals surface area contributed by atoms with Crippen LogP contribution in [-0.4, -0.2) is 27.0 Å². The zero-order chi connectivity index (χ0) is 12.8. The van der Waals surface area contributed by atoms with Crippen molar-refractivity contribution in [1.82, 2.24) is 19.9 Å². The van der Waals surface area contributed by atoms with E-state index in [1.165, 1.54) is 0 Å². The topological polar surface area (TPSA) is 59.3 Å². The molecule has 5 nitrogen and oxygen atoms in total. The van der Waals surface area contributed by atoms with Gasteiger partial charge >= 0.3 is 0 Å². The molecule has 0 spiro atoms. The molecule has 0 radical (unpaired) electrons. The first kappa shape index (κ1) is 12.5. The number of fused-ring (bicyclic) bond motifs is 1. The van der Waals surface area contributed by atoms with Crippen molar-refractivity contribution in [3.05, 3.63) is 30.2 Å². The Balaban J connectivity index is 1.85. The van der Waals surface area contributed by atoms with Crippen LogP contribution in [0.2, 0.25) is 0 Å². The van der Waals surface area contributed by atoms with Gasteiger partial charge in [-0.2, -0.15) is 0 Å². The summed E-state index contributed by atoms with van der Waals surface area (Å²) in [7, 11) is 0. The van der Waals surface area contributed by atoms with E-state index in [2.05, 4.69) is 22.4 Å². The highest BCUT2D eigenvalue weighted by Gasteiger charge is 2.05. The first-order valence-electron chi connectivity index (χ1n) is 6.36. The fourth-order valence-electron chi connectivity index (χ4n) is 1.80. The predicted octanol–water partition coefficient (Wildman–Crippen LogP) is 1.58. The van der Waals surface area contributed by atoms with E-state index in [9.17, 15) is 4.79 Å². The van der Waals surface area contributed by atoms with Crippen molar-refractivity contribution < 1.29 is 4.79 Å². The number of nitrogens with one attached hydrogen (secondary N) is 1. The minimum Gasteiger partial charge on any atom is -0.356 e. The molecule has 96 valence electrons. The highest BCUT2D eigenvalue weighted by molar-refractivity contribution is 5.75. The minimum absolute atomic E-state index is 0.116. The first-order chi connectivity index (χ1) is 8.81. The largest absolute Gasteiger partial charge is 0.356 e. The number of nitrogens with zero attached hydrogens (tertiary/aromatic N) is 3. The minimum atomic E-state index is 0.116. The standard InChI is InChI=1S/C13H18N4O/c1-2-3-7-13(18)14-9-8-12-16-15-11-6-4-5-10-17(11)12/h4-6,10H,2-3,7-9H2,1H3,(H,14,18). The highest BCUT2D eigenvalue weighted by atomic mass is 16.1. The zero-order valence-electron chi connectivity index (χ0n) is 10.6. The molecule has 0 saturated heterocycles. The van der Waals surface area contributed by atoms with Gasteiger partial charge in [0, 0.05) is 25.6 Å². The van der Waals surface area contributed by atoms with Gasteiger partial charge in [0.25, 0.3) is 0 Å². The molecule has 2 aromatic heterocycles. The molecule has 2 aromatic rings. The van der Waals surface area contributed by atoms with E-state index in [4.69, 9.17) is 0 Å². The summed E-state index contributed by atoms with van der Waals surface area (Å²) in [5, 5.41) is 11.1. The lowest BCUT2D eigenvalue weighted by atomic mass is 10.2. The van der Waals surface area contributed by atoms with Crippen LogP contribution in [0.25, 0.3) is 5.65 Å². The van der Waals surface area contributed by atoms with Gasteiger partial charge in [-0.1, -0.05) is 19.4 Å². The summed E-state index contributed by atoms with van der Waals surface area (Å²) in [4.78, 5) is 11.4. The van der Waals surface area contributed by atoms with Crippen molar-refractivity contribution in [1.29, 1.82) is 0 Å². The molecule has 0 unspecified atom stereocenters. The lowest BCUT2D eigenvalue weighted by molar-refractivity contribution is -0.121. The maximum absolute atomic E-state index is 11.4. The van der Waals surface area contributed by atoms with Crippen molar-refractivity contribution in [2.45, 2.75) is 32.6 Å². The molecule has 0 atom stereocenters. The number of hydrogen-bond donors (Lipinski definition) is 1. The van der Waals surface area contributed by atoms with Crippen LogP contribution in [0.4, 0.5) is 0 Å². The molecule has 18 heavy (non-hydrogen) atoms. The van der Waals surface area contributed by atoms with E-state index in [0.29, 0.717) is 19.4 Å². The van der Waals surface area contributed by atoms with Crippen molar-refractivity contribution in [2.75, 3.05) is 6.54 Å². The average Bonchev–Trinajstić information content (AvgIpc) is 2.80. The second-order valence-corrected chi connectivity index (χ2v) is 4.25. The normalized spacial score (nSPS) is 10.7. The number of amides is 1.